The molecule has 7 nitrogen and oxygen atoms in total. The van der Waals surface area contributed by atoms with E-state index in [-0.39, 0.29) is 17.2 Å². The lowest BCUT2D eigenvalue weighted by Gasteiger charge is -2.14. The fourth-order valence-electron chi connectivity index (χ4n) is 2.53. The van der Waals surface area contributed by atoms with Crippen LogP contribution in [-0.2, 0) is 6.42 Å². The molecule has 0 aliphatic carbocycles. The van der Waals surface area contributed by atoms with Gasteiger partial charge in [-0.1, -0.05) is 13.0 Å². The number of amides is 1. The number of carboxylic acids is 1. The van der Waals surface area contributed by atoms with Gasteiger partial charge in [-0.05, 0) is 42.2 Å². The summed E-state index contributed by atoms with van der Waals surface area (Å²) in [5, 5.41) is 11.8. The molecule has 1 unspecified atom stereocenters. The van der Waals surface area contributed by atoms with Crippen molar-refractivity contribution in [1.29, 1.82) is 0 Å². The highest BCUT2D eigenvalue weighted by molar-refractivity contribution is 5.95. The summed E-state index contributed by atoms with van der Waals surface area (Å²) in [5.74, 6) is 0.00718. The zero-order valence-corrected chi connectivity index (χ0v) is 15.0. The van der Waals surface area contributed by atoms with E-state index in [2.05, 4.69) is 10.3 Å². The molecular weight excluding hydrogens is 336 g/mol. The quantitative estimate of drug-likeness (QED) is 0.752. The van der Waals surface area contributed by atoms with Crippen molar-refractivity contribution in [2.24, 2.45) is 5.92 Å². The standard InChI is InChI=1S/C19H22N2O5/c1-12(8-13-4-5-16(25-2)17(9-13)26-3)11-21-18(22)15-10-14(19(23)24)6-7-20-15/h4-7,9-10,12H,8,11H2,1-3H3,(H,21,22)(H,23,24). The lowest BCUT2D eigenvalue weighted by molar-refractivity contribution is 0.0696. The second-order valence-corrected chi connectivity index (χ2v) is 5.94. The van der Waals surface area contributed by atoms with E-state index in [0.717, 1.165) is 12.0 Å². The first-order valence-electron chi connectivity index (χ1n) is 8.13. The van der Waals surface area contributed by atoms with Gasteiger partial charge in [0.05, 0.1) is 19.8 Å². The summed E-state index contributed by atoms with van der Waals surface area (Å²) in [6, 6.07) is 8.32. The van der Waals surface area contributed by atoms with E-state index >= 15 is 0 Å². The number of aromatic nitrogens is 1. The third-order valence-electron chi connectivity index (χ3n) is 3.88. The summed E-state index contributed by atoms with van der Waals surface area (Å²) >= 11 is 0. The number of benzene rings is 1. The molecule has 0 bridgehead atoms. The van der Waals surface area contributed by atoms with Crippen LogP contribution in [0.15, 0.2) is 36.5 Å². The van der Waals surface area contributed by atoms with Crippen LogP contribution in [0.5, 0.6) is 11.5 Å². The summed E-state index contributed by atoms with van der Waals surface area (Å²) < 4.78 is 10.5. The minimum Gasteiger partial charge on any atom is -0.493 e. The number of carbonyl (C=O) groups is 2. The van der Waals surface area contributed by atoms with Crippen molar-refractivity contribution in [2.45, 2.75) is 13.3 Å². The van der Waals surface area contributed by atoms with E-state index in [1.807, 2.05) is 25.1 Å². The van der Waals surface area contributed by atoms with Crippen LogP contribution in [-0.4, -0.2) is 42.7 Å². The van der Waals surface area contributed by atoms with Gasteiger partial charge in [0, 0.05) is 12.7 Å². The van der Waals surface area contributed by atoms with E-state index in [1.54, 1.807) is 14.2 Å². The van der Waals surface area contributed by atoms with Crippen LogP contribution in [0.4, 0.5) is 0 Å². The fraction of sp³-hybridized carbons (Fsp3) is 0.316. The number of nitrogens with zero attached hydrogens (tertiary/aromatic N) is 1. The highest BCUT2D eigenvalue weighted by Crippen LogP contribution is 2.28. The summed E-state index contributed by atoms with van der Waals surface area (Å²) in [6.45, 7) is 2.45. The van der Waals surface area contributed by atoms with Crippen LogP contribution < -0.4 is 14.8 Å². The predicted molar refractivity (Wildman–Crippen MR) is 95.9 cm³/mol. The molecule has 1 aromatic carbocycles. The number of hydrogen-bond acceptors (Lipinski definition) is 5. The molecular formula is C19H22N2O5. The maximum atomic E-state index is 12.2. The van der Waals surface area contributed by atoms with Crippen LogP contribution in [0.1, 0.15) is 33.3 Å². The molecule has 2 rings (SSSR count). The minimum atomic E-state index is -1.09. The van der Waals surface area contributed by atoms with Crippen LogP contribution in [0, 0.1) is 5.92 Å². The van der Waals surface area contributed by atoms with Crippen molar-refractivity contribution in [3.05, 3.63) is 53.3 Å². The molecule has 2 aromatic rings. The topological polar surface area (TPSA) is 97.8 Å². The number of rotatable bonds is 8. The Labute approximate surface area is 152 Å². The molecule has 1 aromatic heterocycles. The van der Waals surface area contributed by atoms with E-state index in [1.165, 1.54) is 18.3 Å². The molecule has 1 heterocycles. The zero-order chi connectivity index (χ0) is 19.1. The van der Waals surface area contributed by atoms with Gasteiger partial charge in [0.2, 0.25) is 0 Å². The van der Waals surface area contributed by atoms with E-state index < -0.39 is 11.9 Å². The van der Waals surface area contributed by atoms with Crippen LogP contribution in [0.3, 0.4) is 0 Å². The minimum absolute atomic E-state index is 0.0310. The summed E-state index contributed by atoms with van der Waals surface area (Å²) in [6.07, 6.45) is 2.05. The van der Waals surface area contributed by atoms with Crippen molar-refractivity contribution in [2.75, 3.05) is 20.8 Å². The summed E-state index contributed by atoms with van der Waals surface area (Å²) in [4.78, 5) is 27.0. The molecule has 26 heavy (non-hydrogen) atoms. The van der Waals surface area contributed by atoms with Gasteiger partial charge in [-0.25, -0.2) is 4.79 Å². The number of pyridine rings is 1. The van der Waals surface area contributed by atoms with Crippen molar-refractivity contribution >= 4 is 11.9 Å². The highest BCUT2D eigenvalue weighted by atomic mass is 16.5. The van der Waals surface area contributed by atoms with E-state index in [4.69, 9.17) is 14.6 Å². The summed E-state index contributed by atoms with van der Waals surface area (Å²) in [7, 11) is 3.17. The number of hydrogen-bond donors (Lipinski definition) is 2. The third-order valence-corrected chi connectivity index (χ3v) is 3.88. The molecule has 0 fully saturated rings. The Balaban J connectivity index is 1.94. The lowest BCUT2D eigenvalue weighted by Crippen LogP contribution is -2.29. The molecule has 2 N–H and O–H groups in total. The Kier molecular flexibility index (Phi) is 6.54. The number of carbonyl (C=O) groups excluding carboxylic acids is 1. The Hall–Kier alpha value is -3.09. The summed E-state index contributed by atoms with van der Waals surface area (Å²) in [5.41, 5.74) is 1.18. The first-order chi connectivity index (χ1) is 12.4. The van der Waals surface area contributed by atoms with Crippen LogP contribution >= 0.6 is 0 Å². The van der Waals surface area contributed by atoms with Gasteiger partial charge in [-0.3, -0.25) is 9.78 Å². The fourth-order valence-corrected chi connectivity index (χ4v) is 2.53. The molecule has 1 atom stereocenters. The van der Waals surface area contributed by atoms with Crippen LogP contribution in [0.2, 0.25) is 0 Å². The van der Waals surface area contributed by atoms with Crippen molar-refractivity contribution in [1.82, 2.24) is 10.3 Å². The van der Waals surface area contributed by atoms with Crippen molar-refractivity contribution in [3.8, 4) is 11.5 Å². The Bertz CT molecular complexity index is 791. The van der Waals surface area contributed by atoms with Gasteiger partial charge in [-0.2, -0.15) is 0 Å². The first kappa shape index (κ1) is 19.2. The van der Waals surface area contributed by atoms with Crippen molar-refractivity contribution < 1.29 is 24.2 Å². The highest BCUT2D eigenvalue weighted by Gasteiger charge is 2.13. The molecule has 1 amide bonds. The molecule has 0 saturated heterocycles. The average Bonchev–Trinajstić information content (AvgIpc) is 2.66. The Morgan fingerprint density at radius 3 is 2.54 bits per heavy atom. The number of ether oxygens (including phenoxy) is 2. The maximum absolute atomic E-state index is 12.2. The maximum Gasteiger partial charge on any atom is 0.335 e. The van der Waals surface area contributed by atoms with Gasteiger partial charge in [0.25, 0.3) is 5.91 Å². The Morgan fingerprint density at radius 2 is 1.88 bits per heavy atom. The molecule has 7 heteroatoms. The van der Waals surface area contributed by atoms with Crippen LogP contribution in [0.25, 0.3) is 0 Å². The molecule has 0 spiro atoms. The lowest BCUT2D eigenvalue weighted by atomic mass is 10.0. The molecule has 0 radical (unpaired) electrons. The smallest absolute Gasteiger partial charge is 0.335 e. The van der Waals surface area contributed by atoms with E-state index in [0.29, 0.717) is 18.0 Å². The first-order valence-corrected chi connectivity index (χ1v) is 8.13. The van der Waals surface area contributed by atoms with Gasteiger partial charge in [0.15, 0.2) is 11.5 Å². The van der Waals surface area contributed by atoms with Gasteiger partial charge in [-0.15, -0.1) is 0 Å². The zero-order valence-electron chi connectivity index (χ0n) is 15.0. The molecule has 0 aliphatic rings. The third kappa shape index (κ3) is 4.95. The number of aromatic carboxylic acids is 1. The van der Waals surface area contributed by atoms with Crippen molar-refractivity contribution in [3.63, 3.8) is 0 Å². The number of carboxylic acid groups (broad SMARTS) is 1. The van der Waals surface area contributed by atoms with Gasteiger partial charge >= 0.3 is 5.97 Å². The molecule has 0 aliphatic heterocycles. The largest absolute Gasteiger partial charge is 0.493 e. The molecule has 0 saturated carbocycles. The monoisotopic (exact) mass is 358 g/mol. The van der Waals surface area contributed by atoms with Gasteiger partial charge in [0.1, 0.15) is 5.69 Å². The van der Waals surface area contributed by atoms with Gasteiger partial charge < -0.3 is 19.9 Å². The number of methoxy groups -OCH3 is 2. The van der Waals surface area contributed by atoms with E-state index in [9.17, 15) is 9.59 Å². The predicted octanol–water partition coefficient (Wildman–Crippen LogP) is 2.41. The molecule has 138 valence electrons. The second kappa shape index (κ2) is 8.84. The number of nitrogens with one attached hydrogen (secondary N) is 1. The second-order valence-electron chi connectivity index (χ2n) is 5.94. The SMILES string of the molecule is COc1ccc(CC(C)CNC(=O)c2cc(C(=O)O)ccn2)cc1OC. The average molecular weight is 358 g/mol. The Morgan fingerprint density at radius 1 is 1.15 bits per heavy atom. The normalized spacial score (nSPS) is 11.5.